The summed E-state index contributed by atoms with van der Waals surface area (Å²) in [5.41, 5.74) is 0.757. The molecule has 0 unspecified atom stereocenters. The Kier molecular flexibility index (Phi) is 5.06. The fourth-order valence-electron chi connectivity index (χ4n) is 1.97. The van der Waals surface area contributed by atoms with Gasteiger partial charge < -0.3 is 10.4 Å². The van der Waals surface area contributed by atoms with E-state index in [2.05, 4.69) is 5.32 Å². The smallest absolute Gasteiger partial charge is 0.254 e. The number of rotatable bonds is 4. The maximum atomic E-state index is 13.7. The first kappa shape index (κ1) is 15.6. The van der Waals surface area contributed by atoms with Gasteiger partial charge in [-0.25, -0.2) is 4.39 Å². The normalized spacial score (nSPS) is 13.2. The number of amides is 1. The highest BCUT2D eigenvalue weighted by molar-refractivity contribution is 5.94. The molecular formula is C15H22FNO2. The highest BCUT2D eigenvalue weighted by atomic mass is 19.1. The molecule has 3 nitrogen and oxygen atoms in total. The number of aliphatic hydroxyl groups excluding tert-OH is 1. The topological polar surface area (TPSA) is 49.3 Å². The molecule has 19 heavy (non-hydrogen) atoms. The van der Waals surface area contributed by atoms with Crippen LogP contribution in [-0.4, -0.2) is 23.7 Å². The minimum absolute atomic E-state index is 0.0120. The lowest BCUT2D eigenvalue weighted by Gasteiger charge is -2.25. The van der Waals surface area contributed by atoms with E-state index >= 15 is 0 Å². The van der Waals surface area contributed by atoms with Crippen molar-refractivity contribution in [3.8, 4) is 0 Å². The van der Waals surface area contributed by atoms with Crippen molar-refractivity contribution in [3.05, 3.63) is 35.1 Å². The minimum atomic E-state index is -0.537. The van der Waals surface area contributed by atoms with Gasteiger partial charge in [0.1, 0.15) is 5.82 Å². The number of halogens is 1. The molecule has 1 aromatic carbocycles. The molecule has 1 amide bonds. The summed E-state index contributed by atoms with van der Waals surface area (Å²) in [5, 5.41) is 12.0. The molecule has 0 aliphatic carbocycles. The third-order valence-electron chi connectivity index (χ3n) is 2.78. The summed E-state index contributed by atoms with van der Waals surface area (Å²) in [6.45, 7) is 7.67. The van der Waals surface area contributed by atoms with Crippen LogP contribution in [0.15, 0.2) is 18.2 Å². The standard InChI is InChI=1S/C15H22FNO2/c1-10-5-6-12(13(16)7-10)14(19)17-11(9-18)8-15(2,3)4/h5-7,11,18H,8-9H2,1-4H3,(H,17,19)/t11-/m0/s1. The molecule has 4 heteroatoms. The van der Waals surface area contributed by atoms with Gasteiger partial charge in [0.15, 0.2) is 0 Å². The summed E-state index contributed by atoms with van der Waals surface area (Å²) >= 11 is 0. The Hall–Kier alpha value is -1.42. The van der Waals surface area contributed by atoms with Crippen LogP contribution in [0.2, 0.25) is 0 Å². The van der Waals surface area contributed by atoms with E-state index in [0.29, 0.717) is 6.42 Å². The maximum absolute atomic E-state index is 13.7. The number of hydrogen-bond acceptors (Lipinski definition) is 2. The van der Waals surface area contributed by atoms with E-state index in [4.69, 9.17) is 0 Å². The van der Waals surface area contributed by atoms with Crippen LogP contribution < -0.4 is 5.32 Å². The second-order valence-electron chi connectivity index (χ2n) is 6.10. The SMILES string of the molecule is Cc1ccc(C(=O)N[C@H](CO)CC(C)(C)C)c(F)c1. The number of aliphatic hydroxyl groups is 1. The van der Waals surface area contributed by atoms with Gasteiger partial charge in [-0.1, -0.05) is 26.8 Å². The Labute approximate surface area is 113 Å². The first-order chi connectivity index (χ1) is 8.73. The zero-order valence-corrected chi connectivity index (χ0v) is 12.0. The van der Waals surface area contributed by atoms with Crippen LogP contribution in [0.4, 0.5) is 4.39 Å². The molecule has 0 saturated heterocycles. The summed E-state index contributed by atoms with van der Waals surface area (Å²) in [5.74, 6) is -1.02. The largest absolute Gasteiger partial charge is 0.394 e. The van der Waals surface area contributed by atoms with E-state index < -0.39 is 11.7 Å². The van der Waals surface area contributed by atoms with Gasteiger partial charge in [0.2, 0.25) is 0 Å². The van der Waals surface area contributed by atoms with Crippen molar-refractivity contribution in [3.63, 3.8) is 0 Å². The Morgan fingerprint density at radius 2 is 2.05 bits per heavy atom. The van der Waals surface area contributed by atoms with Crippen LogP contribution in [0.3, 0.4) is 0 Å². The number of aryl methyl sites for hydroxylation is 1. The lowest BCUT2D eigenvalue weighted by Crippen LogP contribution is -2.40. The average molecular weight is 267 g/mol. The molecule has 0 spiro atoms. The fraction of sp³-hybridized carbons (Fsp3) is 0.533. The van der Waals surface area contributed by atoms with Gasteiger partial charge >= 0.3 is 0 Å². The zero-order valence-electron chi connectivity index (χ0n) is 12.0. The predicted octanol–water partition coefficient (Wildman–Crippen LogP) is 2.66. The second kappa shape index (κ2) is 6.15. The quantitative estimate of drug-likeness (QED) is 0.881. The number of benzene rings is 1. The number of nitrogens with one attached hydrogen (secondary N) is 1. The van der Waals surface area contributed by atoms with Crippen LogP contribution in [0.5, 0.6) is 0 Å². The monoisotopic (exact) mass is 267 g/mol. The van der Waals surface area contributed by atoms with Crippen LogP contribution >= 0.6 is 0 Å². The van der Waals surface area contributed by atoms with Crippen LogP contribution in [0.25, 0.3) is 0 Å². The van der Waals surface area contributed by atoms with E-state index in [1.807, 2.05) is 20.8 Å². The van der Waals surface area contributed by atoms with E-state index in [0.717, 1.165) is 5.56 Å². The molecule has 0 bridgehead atoms. The van der Waals surface area contributed by atoms with E-state index in [1.54, 1.807) is 13.0 Å². The average Bonchev–Trinajstić information content (AvgIpc) is 2.25. The van der Waals surface area contributed by atoms with Gasteiger partial charge in [-0.05, 0) is 36.5 Å². The first-order valence-corrected chi connectivity index (χ1v) is 6.41. The third-order valence-corrected chi connectivity index (χ3v) is 2.78. The molecule has 1 aromatic rings. The molecule has 2 N–H and O–H groups in total. The summed E-state index contributed by atoms with van der Waals surface area (Å²) in [7, 11) is 0. The lowest BCUT2D eigenvalue weighted by atomic mass is 9.88. The molecule has 0 aliphatic rings. The van der Waals surface area contributed by atoms with E-state index in [-0.39, 0.29) is 23.6 Å². The highest BCUT2D eigenvalue weighted by Gasteiger charge is 2.21. The van der Waals surface area contributed by atoms with Crippen LogP contribution in [-0.2, 0) is 0 Å². The van der Waals surface area contributed by atoms with Crippen molar-refractivity contribution in [2.45, 2.75) is 40.2 Å². The van der Waals surface area contributed by atoms with Crippen molar-refractivity contribution >= 4 is 5.91 Å². The molecule has 1 rings (SSSR count). The molecule has 106 valence electrons. The van der Waals surface area contributed by atoms with Crippen molar-refractivity contribution in [1.29, 1.82) is 0 Å². The van der Waals surface area contributed by atoms with Gasteiger partial charge in [0.25, 0.3) is 5.91 Å². The molecule has 0 heterocycles. The van der Waals surface area contributed by atoms with E-state index in [9.17, 15) is 14.3 Å². The summed E-state index contributed by atoms with van der Waals surface area (Å²) < 4.78 is 13.7. The number of hydrogen-bond donors (Lipinski definition) is 2. The predicted molar refractivity (Wildman–Crippen MR) is 73.5 cm³/mol. The van der Waals surface area contributed by atoms with Gasteiger partial charge in [0.05, 0.1) is 18.2 Å². The molecular weight excluding hydrogens is 245 g/mol. The number of carbonyl (C=O) groups is 1. The third kappa shape index (κ3) is 4.99. The Balaban J connectivity index is 2.77. The zero-order chi connectivity index (χ0) is 14.6. The van der Waals surface area contributed by atoms with Crippen molar-refractivity contribution in [1.82, 2.24) is 5.32 Å². The summed E-state index contributed by atoms with van der Waals surface area (Å²) in [6.07, 6.45) is 0.628. The maximum Gasteiger partial charge on any atom is 0.254 e. The number of carbonyl (C=O) groups excluding carboxylic acids is 1. The van der Waals surface area contributed by atoms with Crippen molar-refractivity contribution < 1.29 is 14.3 Å². The first-order valence-electron chi connectivity index (χ1n) is 6.41. The summed E-state index contributed by atoms with van der Waals surface area (Å²) in [4.78, 5) is 12.0. The second-order valence-corrected chi connectivity index (χ2v) is 6.10. The highest BCUT2D eigenvalue weighted by Crippen LogP contribution is 2.21. The molecule has 0 saturated carbocycles. The van der Waals surface area contributed by atoms with E-state index in [1.165, 1.54) is 12.1 Å². The lowest BCUT2D eigenvalue weighted by molar-refractivity contribution is 0.0893. The minimum Gasteiger partial charge on any atom is -0.394 e. The molecule has 0 radical (unpaired) electrons. The Bertz CT molecular complexity index is 452. The molecule has 0 fully saturated rings. The van der Waals surface area contributed by atoms with Gasteiger partial charge in [-0.2, -0.15) is 0 Å². The molecule has 0 aromatic heterocycles. The van der Waals surface area contributed by atoms with Crippen LogP contribution in [0.1, 0.15) is 43.1 Å². The molecule has 0 aliphatic heterocycles. The molecule has 1 atom stereocenters. The van der Waals surface area contributed by atoms with Gasteiger partial charge in [-0.3, -0.25) is 4.79 Å². The van der Waals surface area contributed by atoms with Crippen molar-refractivity contribution in [2.24, 2.45) is 5.41 Å². The fourth-order valence-corrected chi connectivity index (χ4v) is 1.97. The van der Waals surface area contributed by atoms with Crippen LogP contribution in [0, 0.1) is 18.2 Å². The Morgan fingerprint density at radius 1 is 1.42 bits per heavy atom. The Morgan fingerprint density at radius 3 is 2.53 bits per heavy atom. The summed E-state index contributed by atoms with van der Waals surface area (Å²) in [6, 6.07) is 4.11. The van der Waals surface area contributed by atoms with Gasteiger partial charge in [0, 0.05) is 0 Å². The van der Waals surface area contributed by atoms with Gasteiger partial charge in [-0.15, -0.1) is 0 Å². The van der Waals surface area contributed by atoms with Crippen molar-refractivity contribution in [2.75, 3.05) is 6.61 Å².